The van der Waals surface area contributed by atoms with Crippen LogP contribution in [0, 0.1) is 5.82 Å². The number of nitrogens with zero attached hydrogens (tertiary/aromatic N) is 1. The minimum absolute atomic E-state index is 0.127. The summed E-state index contributed by atoms with van der Waals surface area (Å²) in [6.07, 6.45) is 1.56. The average Bonchev–Trinajstić information content (AvgIpc) is 2.32. The zero-order chi connectivity index (χ0) is 11.4. The average molecular weight is 214 g/mol. The minimum atomic E-state index is -0.419. The summed E-state index contributed by atoms with van der Waals surface area (Å²) in [5.41, 5.74) is 7.11. The first-order valence-electron chi connectivity index (χ1n) is 4.90. The maximum absolute atomic E-state index is 13.1. The van der Waals surface area contributed by atoms with Gasteiger partial charge in [-0.2, -0.15) is 0 Å². The number of halogens is 1. The fourth-order valence-electron chi connectivity index (χ4n) is 1.32. The molecule has 0 heterocycles. The molecule has 0 saturated heterocycles. The SMILES string of the molecule is Nc1c(F)cccc1C=Nc1ccccc1. The highest BCUT2D eigenvalue weighted by atomic mass is 19.1. The lowest BCUT2D eigenvalue weighted by Gasteiger charge is -2.00. The topological polar surface area (TPSA) is 38.4 Å². The second kappa shape index (κ2) is 4.57. The van der Waals surface area contributed by atoms with Crippen LogP contribution in [0.3, 0.4) is 0 Å². The molecule has 2 N–H and O–H groups in total. The monoisotopic (exact) mass is 214 g/mol. The molecule has 0 amide bonds. The molecule has 0 fully saturated rings. The normalized spacial score (nSPS) is 10.8. The Balaban J connectivity index is 2.28. The first-order chi connectivity index (χ1) is 7.77. The van der Waals surface area contributed by atoms with Crippen molar-refractivity contribution in [3.8, 4) is 0 Å². The Labute approximate surface area is 93.3 Å². The number of aliphatic imine (C=N–C) groups is 1. The molecule has 2 rings (SSSR count). The summed E-state index contributed by atoms with van der Waals surface area (Å²) in [7, 11) is 0. The van der Waals surface area contributed by atoms with Gasteiger partial charge in [0.15, 0.2) is 0 Å². The van der Waals surface area contributed by atoms with E-state index in [1.165, 1.54) is 6.07 Å². The van der Waals surface area contributed by atoms with Crippen molar-refractivity contribution in [2.75, 3.05) is 5.73 Å². The summed E-state index contributed by atoms with van der Waals surface area (Å²) in [6, 6.07) is 14.1. The largest absolute Gasteiger partial charge is 0.396 e. The van der Waals surface area contributed by atoms with E-state index in [0.717, 1.165) is 5.69 Å². The van der Waals surface area contributed by atoms with Gasteiger partial charge in [-0.3, -0.25) is 4.99 Å². The van der Waals surface area contributed by atoms with Crippen LogP contribution in [0.25, 0.3) is 0 Å². The summed E-state index contributed by atoms with van der Waals surface area (Å²) in [4.78, 5) is 4.21. The Hall–Kier alpha value is -2.16. The van der Waals surface area contributed by atoms with Crippen molar-refractivity contribution in [3.05, 3.63) is 59.9 Å². The van der Waals surface area contributed by atoms with Gasteiger partial charge in [-0.15, -0.1) is 0 Å². The van der Waals surface area contributed by atoms with Crippen molar-refractivity contribution in [1.29, 1.82) is 0 Å². The lowest BCUT2D eigenvalue weighted by atomic mass is 10.2. The van der Waals surface area contributed by atoms with Crippen molar-refractivity contribution in [1.82, 2.24) is 0 Å². The second-order valence-corrected chi connectivity index (χ2v) is 3.34. The Morgan fingerprint density at radius 1 is 1.00 bits per heavy atom. The summed E-state index contributed by atoms with van der Waals surface area (Å²) >= 11 is 0. The number of para-hydroxylation sites is 2. The lowest BCUT2D eigenvalue weighted by molar-refractivity contribution is 0.632. The molecule has 0 aliphatic heterocycles. The number of hydrogen-bond acceptors (Lipinski definition) is 2. The molecular weight excluding hydrogens is 203 g/mol. The molecule has 0 radical (unpaired) electrons. The number of benzene rings is 2. The second-order valence-electron chi connectivity index (χ2n) is 3.34. The van der Waals surface area contributed by atoms with Crippen molar-refractivity contribution < 1.29 is 4.39 Å². The fourth-order valence-corrected chi connectivity index (χ4v) is 1.32. The first-order valence-corrected chi connectivity index (χ1v) is 4.90. The number of nitrogen functional groups attached to an aromatic ring is 1. The number of anilines is 1. The molecule has 0 spiro atoms. The number of hydrogen-bond donors (Lipinski definition) is 1. The van der Waals surface area contributed by atoms with Crippen molar-refractivity contribution in [2.24, 2.45) is 4.99 Å². The highest BCUT2D eigenvalue weighted by Gasteiger charge is 2.00. The molecule has 80 valence electrons. The van der Waals surface area contributed by atoms with E-state index in [4.69, 9.17) is 5.73 Å². The van der Waals surface area contributed by atoms with Crippen LogP contribution in [-0.2, 0) is 0 Å². The summed E-state index contributed by atoms with van der Waals surface area (Å²) in [6.45, 7) is 0. The molecule has 0 bridgehead atoms. The van der Waals surface area contributed by atoms with Crippen molar-refractivity contribution in [3.63, 3.8) is 0 Å². The molecule has 0 aromatic heterocycles. The molecule has 2 aromatic carbocycles. The highest BCUT2D eigenvalue weighted by Crippen LogP contribution is 2.15. The third-order valence-electron chi connectivity index (χ3n) is 2.20. The predicted octanol–water partition coefficient (Wildman–Crippen LogP) is 3.16. The molecule has 0 aliphatic rings. The van der Waals surface area contributed by atoms with Gasteiger partial charge in [0.05, 0.1) is 11.4 Å². The van der Waals surface area contributed by atoms with E-state index in [1.54, 1.807) is 18.3 Å². The molecule has 0 saturated carbocycles. The van der Waals surface area contributed by atoms with Gasteiger partial charge < -0.3 is 5.73 Å². The summed E-state index contributed by atoms with van der Waals surface area (Å²) < 4.78 is 13.1. The van der Waals surface area contributed by atoms with Crippen LogP contribution in [0.5, 0.6) is 0 Å². The van der Waals surface area contributed by atoms with Gasteiger partial charge in [-0.25, -0.2) is 4.39 Å². The number of nitrogens with two attached hydrogens (primary N) is 1. The Bertz CT molecular complexity index is 507. The molecule has 0 aliphatic carbocycles. The van der Waals surface area contributed by atoms with Crippen molar-refractivity contribution in [2.45, 2.75) is 0 Å². The molecule has 2 nitrogen and oxygen atoms in total. The summed E-state index contributed by atoms with van der Waals surface area (Å²) in [5.74, 6) is -0.419. The predicted molar refractivity (Wildman–Crippen MR) is 64.5 cm³/mol. The van der Waals surface area contributed by atoms with E-state index in [0.29, 0.717) is 5.56 Å². The van der Waals surface area contributed by atoms with Gasteiger partial charge in [0, 0.05) is 11.8 Å². The maximum atomic E-state index is 13.1. The zero-order valence-corrected chi connectivity index (χ0v) is 8.60. The van der Waals surface area contributed by atoms with Crippen LogP contribution >= 0.6 is 0 Å². The lowest BCUT2D eigenvalue weighted by Crippen LogP contribution is -1.96. The maximum Gasteiger partial charge on any atom is 0.146 e. The van der Waals surface area contributed by atoms with Crippen LogP contribution in [0.1, 0.15) is 5.56 Å². The molecular formula is C13H11FN2. The van der Waals surface area contributed by atoms with Gasteiger partial charge in [-0.05, 0) is 18.2 Å². The van der Waals surface area contributed by atoms with Gasteiger partial charge >= 0.3 is 0 Å². The third kappa shape index (κ3) is 2.25. The standard InChI is InChI=1S/C13H11FN2/c14-12-8-4-5-10(13(12)15)9-16-11-6-2-1-3-7-11/h1-9H,15H2. The van der Waals surface area contributed by atoms with Gasteiger partial charge in [0.1, 0.15) is 5.82 Å². The molecule has 3 heteroatoms. The van der Waals surface area contributed by atoms with E-state index < -0.39 is 5.82 Å². The fraction of sp³-hybridized carbons (Fsp3) is 0. The van der Waals surface area contributed by atoms with E-state index in [-0.39, 0.29) is 5.69 Å². The smallest absolute Gasteiger partial charge is 0.146 e. The molecule has 0 atom stereocenters. The van der Waals surface area contributed by atoms with E-state index in [1.807, 2.05) is 30.3 Å². The van der Waals surface area contributed by atoms with Gasteiger partial charge in [-0.1, -0.05) is 30.3 Å². The van der Waals surface area contributed by atoms with Gasteiger partial charge in [0.2, 0.25) is 0 Å². The third-order valence-corrected chi connectivity index (χ3v) is 2.20. The van der Waals surface area contributed by atoms with E-state index >= 15 is 0 Å². The van der Waals surface area contributed by atoms with Crippen LogP contribution in [0.2, 0.25) is 0 Å². The Morgan fingerprint density at radius 3 is 2.50 bits per heavy atom. The highest BCUT2D eigenvalue weighted by molar-refractivity contribution is 5.88. The number of rotatable bonds is 2. The van der Waals surface area contributed by atoms with Crippen LogP contribution in [0.15, 0.2) is 53.5 Å². The van der Waals surface area contributed by atoms with E-state index in [2.05, 4.69) is 4.99 Å². The van der Waals surface area contributed by atoms with E-state index in [9.17, 15) is 4.39 Å². The zero-order valence-electron chi connectivity index (χ0n) is 8.60. The molecule has 0 unspecified atom stereocenters. The Kier molecular flexibility index (Phi) is 2.96. The first kappa shape index (κ1) is 10.4. The van der Waals surface area contributed by atoms with Crippen LogP contribution in [0.4, 0.5) is 15.8 Å². The molecule has 16 heavy (non-hydrogen) atoms. The molecule has 2 aromatic rings. The summed E-state index contributed by atoms with van der Waals surface area (Å²) in [5, 5.41) is 0. The minimum Gasteiger partial charge on any atom is -0.396 e. The van der Waals surface area contributed by atoms with Crippen LogP contribution < -0.4 is 5.73 Å². The Morgan fingerprint density at radius 2 is 1.75 bits per heavy atom. The van der Waals surface area contributed by atoms with Crippen LogP contribution in [-0.4, -0.2) is 6.21 Å². The van der Waals surface area contributed by atoms with Gasteiger partial charge in [0.25, 0.3) is 0 Å². The van der Waals surface area contributed by atoms with Crippen molar-refractivity contribution >= 4 is 17.6 Å². The quantitative estimate of drug-likeness (QED) is 0.605.